The third-order valence-corrected chi connectivity index (χ3v) is 3.66. The van der Waals surface area contributed by atoms with Crippen molar-refractivity contribution in [2.24, 2.45) is 11.7 Å². The number of rotatable bonds is 3. The van der Waals surface area contributed by atoms with E-state index in [0.29, 0.717) is 0 Å². The molecule has 3 heteroatoms. The van der Waals surface area contributed by atoms with E-state index in [2.05, 4.69) is 22.8 Å². The van der Waals surface area contributed by atoms with E-state index >= 15 is 0 Å². The molecular formula is C10H16N2S. The van der Waals surface area contributed by atoms with Crippen LogP contribution in [-0.2, 0) is 0 Å². The maximum Gasteiger partial charge on any atom is 0.0392 e. The van der Waals surface area contributed by atoms with E-state index in [4.69, 9.17) is 5.73 Å². The first-order valence-electron chi connectivity index (χ1n) is 4.86. The summed E-state index contributed by atoms with van der Waals surface area (Å²) in [6.07, 6.45) is 2.42. The van der Waals surface area contributed by atoms with E-state index in [1.165, 1.54) is 17.8 Å². The Hall–Kier alpha value is -0.380. The molecule has 3 N–H and O–H groups in total. The van der Waals surface area contributed by atoms with Gasteiger partial charge in [-0.1, -0.05) is 6.07 Å². The molecule has 1 aromatic heterocycles. The highest BCUT2D eigenvalue weighted by molar-refractivity contribution is 7.10. The van der Waals surface area contributed by atoms with Crippen molar-refractivity contribution in [3.8, 4) is 0 Å². The lowest BCUT2D eigenvalue weighted by Gasteiger charge is -2.13. The Morgan fingerprint density at radius 2 is 2.62 bits per heavy atom. The summed E-state index contributed by atoms with van der Waals surface area (Å²) in [7, 11) is 0. The van der Waals surface area contributed by atoms with Crippen molar-refractivity contribution >= 4 is 11.3 Å². The summed E-state index contributed by atoms with van der Waals surface area (Å²) in [5.74, 6) is 0.789. The van der Waals surface area contributed by atoms with Gasteiger partial charge in [-0.25, -0.2) is 0 Å². The van der Waals surface area contributed by atoms with Gasteiger partial charge in [0.05, 0.1) is 0 Å². The zero-order chi connectivity index (χ0) is 9.10. The van der Waals surface area contributed by atoms with E-state index in [-0.39, 0.29) is 6.04 Å². The predicted molar refractivity (Wildman–Crippen MR) is 56.8 cm³/mol. The van der Waals surface area contributed by atoms with Gasteiger partial charge in [0.2, 0.25) is 0 Å². The van der Waals surface area contributed by atoms with Crippen LogP contribution in [0.1, 0.15) is 23.8 Å². The molecule has 0 saturated carbocycles. The van der Waals surface area contributed by atoms with Crippen molar-refractivity contribution in [3.05, 3.63) is 22.4 Å². The highest BCUT2D eigenvalue weighted by Crippen LogP contribution is 2.25. The van der Waals surface area contributed by atoms with Gasteiger partial charge in [-0.15, -0.1) is 11.3 Å². The molecule has 2 unspecified atom stereocenters. The van der Waals surface area contributed by atoms with Gasteiger partial charge < -0.3 is 11.1 Å². The number of hydrogen-bond donors (Lipinski definition) is 2. The van der Waals surface area contributed by atoms with Crippen LogP contribution < -0.4 is 11.1 Å². The Morgan fingerprint density at radius 1 is 1.69 bits per heavy atom. The molecule has 1 aliphatic heterocycles. The van der Waals surface area contributed by atoms with Crippen molar-refractivity contribution in [2.45, 2.75) is 18.9 Å². The molecule has 2 atom stereocenters. The van der Waals surface area contributed by atoms with E-state index < -0.39 is 0 Å². The summed E-state index contributed by atoms with van der Waals surface area (Å²) in [5, 5.41) is 5.47. The van der Waals surface area contributed by atoms with Crippen LogP contribution in [0.5, 0.6) is 0 Å². The predicted octanol–water partition coefficient (Wildman–Crippen LogP) is 1.75. The molecule has 2 heterocycles. The van der Waals surface area contributed by atoms with Gasteiger partial charge >= 0.3 is 0 Å². The summed E-state index contributed by atoms with van der Waals surface area (Å²) in [4.78, 5) is 1.33. The fourth-order valence-corrected chi connectivity index (χ4v) is 2.64. The maximum absolute atomic E-state index is 6.10. The monoisotopic (exact) mass is 196 g/mol. The van der Waals surface area contributed by atoms with Crippen molar-refractivity contribution in [3.63, 3.8) is 0 Å². The quantitative estimate of drug-likeness (QED) is 0.773. The molecule has 1 aliphatic rings. The van der Waals surface area contributed by atoms with Gasteiger partial charge in [-0.05, 0) is 43.3 Å². The summed E-state index contributed by atoms with van der Waals surface area (Å²) in [6.45, 7) is 2.32. The van der Waals surface area contributed by atoms with E-state index in [1.807, 2.05) is 0 Å². The minimum Gasteiger partial charge on any atom is -0.323 e. The minimum atomic E-state index is 0.255. The molecule has 1 aromatic rings. The van der Waals surface area contributed by atoms with Crippen molar-refractivity contribution in [1.29, 1.82) is 0 Å². The Labute approximate surface area is 83.1 Å². The molecule has 1 fully saturated rings. The number of thiophene rings is 1. The SMILES string of the molecule is NC(CC1CCNC1)c1cccs1. The average Bonchev–Trinajstić information content (AvgIpc) is 2.74. The van der Waals surface area contributed by atoms with Gasteiger partial charge in [-0.3, -0.25) is 0 Å². The molecule has 0 aromatic carbocycles. The van der Waals surface area contributed by atoms with E-state index in [1.54, 1.807) is 11.3 Å². The molecule has 2 nitrogen and oxygen atoms in total. The van der Waals surface area contributed by atoms with Crippen LogP contribution in [0.4, 0.5) is 0 Å². The fraction of sp³-hybridized carbons (Fsp3) is 0.600. The summed E-state index contributed by atoms with van der Waals surface area (Å²) >= 11 is 1.77. The number of nitrogens with one attached hydrogen (secondary N) is 1. The third-order valence-electron chi connectivity index (χ3n) is 2.66. The van der Waals surface area contributed by atoms with E-state index in [9.17, 15) is 0 Å². The molecule has 0 bridgehead atoms. The zero-order valence-corrected chi connectivity index (χ0v) is 8.52. The first-order valence-corrected chi connectivity index (χ1v) is 5.74. The van der Waals surface area contributed by atoms with Crippen LogP contribution in [0.25, 0.3) is 0 Å². The lowest BCUT2D eigenvalue weighted by atomic mass is 9.99. The van der Waals surface area contributed by atoms with Gasteiger partial charge in [0.15, 0.2) is 0 Å². The molecule has 13 heavy (non-hydrogen) atoms. The van der Waals surface area contributed by atoms with Gasteiger partial charge in [0, 0.05) is 10.9 Å². The van der Waals surface area contributed by atoms with Gasteiger partial charge in [0.25, 0.3) is 0 Å². The largest absolute Gasteiger partial charge is 0.323 e. The molecule has 0 amide bonds. The maximum atomic E-state index is 6.10. The topological polar surface area (TPSA) is 38.0 Å². The van der Waals surface area contributed by atoms with Crippen molar-refractivity contribution in [2.75, 3.05) is 13.1 Å². The van der Waals surface area contributed by atoms with Crippen LogP contribution in [0.3, 0.4) is 0 Å². The molecule has 0 radical (unpaired) electrons. The molecule has 0 spiro atoms. The second-order valence-corrected chi connectivity index (χ2v) is 4.70. The molecule has 72 valence electrons. The average molecular weight is 196 g/mol. The summed E-state index contributed by atoms with van der Waals surface area (Å²) in [5.41, 5.74) is 6.10. The Balaban J connectivity index is 1.87. The van der Waals surface area contributed by atoms with Crippen molar-refractivity contribution in [1.82, 2.24) is 5.32 Å². The number of hydrogen-bond acceptors (Lipinski definition) is 3. The standard InChI is InChI=1S/C10H16N2S/c11-9(10-2-1-5-13-10)6-8-3-4-12-7-8/h1-2,5,8-9,12H,3-4,6-7,11H2. The molecule has 1 saturated heterocycles. The summed E-state index contributed by atoms with van der Waals surface area (Å²) in [6, 6.07) is 4.47. The minimum absolute atomic E-state index is 0.255. The second kappa shape index (κ2) is 4.22. The van der Waals surface area contributed by atoms with Crippen LogP contribution in [0, 0.1) is 5.92 Å². The number of nitrogens with two attached hydrogens (primary N) is 1. The molecule has 0 aliphatic carbocycles. The van der Waals surface area contributed by atoms with Crippen molar-refractivity contribution < 1.29 is 0 Å². The Morgan fingerprint density at radius 3 is 3.23 bits per heavy atom. The highest BCUT2D eigenvalue weighted by atomic mass is 32.1. The fourth-order valence-electron chi connectivity index (χ4n) is 1.89. The lowest BCUT2D eigenvalue weighted by molar-refractivity contribution is 0.477. The second-order valence-electron chi connectivity index (χ2n) is 3.72. The Kier molecular flexibility index (Phi) is 2.98. The molecular weight excluding hydrogens is 180 g/mol. The third kappa shape index (κ3) is 2.30. The lowest BCUT2D eigenvalue weighted by Crippen LogP contribution is -2.16. The van der Waals surface area contributed by atoms with Crippen LogP contribution in [0.2, 0.25) is 0 Å². The molecule has 2 rings (SSSR count). The Bertz CT molecular complexity index is 239. The first kappa shape index (κ1) is 9.19. The van der Waals surface area contributed by atoms with Crippen LogP contribution in [-0.4, -0.2) is 13.1 Å². The smallest absolute Gasteiger partial charge is 0.0392 e. The van der Waals surface area contributed by atoms with Gasteiger partial charge in [0.1, 0.15) is 0 Å². The van der Waals surface area contributed by atoms with Crippen LogP contribution in [0.15, 0.2) is 17.5 Å². The highest BCUT2D eigenvalue weighted by Gasteiger charge is 2.18. The van der Waals surface area contributed by atoms with Gasteiger partial charge in [-0.2, -0.15) is 0 Å². The summed E-state index contributed by atoms with van der Waals surface area (Å²) < 4.78 is 0. The zero-order valence-electron chi connectivity index (χ0n) is 7.70. The normalized spacial score (nSPS) is 24.8. The van der Waals surface area contributed by atoms with E-state index in [0.717, 1.165) is 18.9 Å². The first-order chi connectivity index (χ1) is 6.36. The van der Waals surface area contributed by atoms with Crippen LogP contribution >= 0.6 is 11.3 Å².